The lowest BCUT2D eigenvalue weighted by Crippen LogP contribution is -2.42. The third-order valence-electron chi connectivity index (χ3n) is 1.27. The van der Waals surface area contributed by atoms with Crippen LogP contribution in [0.1, 0.15) is 20.8 Å². The number of hydrazone groups is 1. The van der Waals surface area contributed by atoms with Crippen LogP contribution in [0.3, 0.4) is 0 Å². The summed E-state index contributed by atoms with van der Waals surface area (Å²) in [5, 5.41) is 3.54. The molecule has 0 aliphatic rings. The Labute approximate surface area is 88.2 Å². The third-order valence-corrected chi connectivity index (χ3v) is 1.27. The molecule has 7 nitrogen and oxygen atoms in total. The maximum atomic E-state index is 11.0. The van der Waals surface area contributed by atoms with Crippen molar-refractivity contribution in [2.45, 2.75) is 20.8 Å². The van der Waals surface area contributed by atoms with E-state index in [1.807, 2.05) is 6.92 Å². The maximum absolute atomic E-state index is 11.0. The molecule has 0 saturated carbocycles. The van der Waals surface area contributed by atoms with Gasteiger partial charge in [-0.05, 0) is 13.8 Å². The highest BCUT2D eigenvalue weighted by Crippen LogP contribution is 1.82. The fourth-order valence-corrected chi connectivity index (χ4v) is 0.612. The third kappa shape index (κ3) is 6.44. The molecule has 0 bridgehead atoms. The van der Waals surface area contributed by atoms with Crippen LogP contribution in [0.15, 0.2) is 5.10 Å². The Bertz CT molecular complexity index is 252. The lowest BCUT2D eigenvalue weighted by molar-refractivity contribution is -0.135. The fraction of sp³-hybridized carbons (Fsp3) is 0.625. The van der Waals surface area contributed by atoms with Crippen molar-refractivity contribution in [1.82, 2.24) is 16.3 Å². The number of hydrogen-bond donors (Lipinski definition) is 3. The fourth-order valence-electron chi connectivity index (χ4n) is 0.612. The number of nitrogens with zero attached hydrogens (tertiary/aromatic N) is 1. The van der Waals surface area contributed by atoms with Crippen LogP contribution >= 0.6 is 0 Å². The number of carbonyl (C=O) groups is 2. The Balaban J connectivity index is 3.93. The van der Waals surface area contributed by atoms with Gasteiger partial charge in [0.15, 0.2) is 0 Å². The van der Waals surface area contributed by atoms with Crippen molar-refractivity contribution in [1.29, 1.82) is 0 Å². The van der Waals surface area contributed by atoms with Gasteiger partial charge in [-0.2, -0.15) is 5.10 Å². The van der Waals surface area contributed by atoms with Gasteiger partial charge in [-0.15, -0.1) is 0 Å². The molecule has 0 saturated heterocycles. The molecular weight excluding hydrogens is 200 g/mol. The molecule has 0 aliphatic carbocycles. The van der Waals surface area contributed by atoms with Crippen LogP contribution in [0.5, 0.6) is 0 Å². The zero-order valence-corrected chi connectivity index (χ0v) is 9.09. The highest BCUT2D eigenvalue weighted by molar-refractivity contribution is 6.35. The molecule has 86 valence electrons. The van der Waals surface area contributed by atoms with E-state index in [1.165, 1.54) is 6.92 Å². The Hall–Kier alpha value is -1.63. The molecule has 0 radical (unpaired) electrons. The predicted octanol–water partition coefficient (Wildman–Crippen LogP) is -0.251. The smallest absolute Gasteiger partial charge is 0.354 e. The van der Waals surface area contributed by atoms with E-state index >= 15 is 0 Å². The predicted molar refractivity (Wildman–Crippen MR) is 55.1 cm³/mol. The van der Waals surface area contributed by atoms with Crippen LogP contribution in [0.2, 0.25) is 0 Å². The average Bonchev–Trinajstić information content (AvgIpc) is 2.23. The molecule has 15 heavy (non-hydrogen) atoms. The summed E-state index contributed by atoms with van der Waals surface area (Å²) in [6, 6.07) is -0.541. The number of ether oxygens (including phenoxy) is 1. The van der Waals surface area contributed by atoms with Crippen molar-refractivity contribution in [3.8, 4) is 0 Å². The topological polar surface area (TPSA) is 91.8 Å². The van der Waals surface area contributed by atoms with E-state index in [9.17, 15) is 9.59 Å². The minimum atomic E-state index is -0.554. The number of hydrazine groups is 1. The van der Waals surface area contributed by atoms with Crippen molar-refractivity contribution in [3.05, 3.63) is 0 Å². The second kappa shape index (κ2) is 7.74. The van der Waals surface area contributed by atoms with Crippen molar-refractivity contribution >= 4 is 17.7 Å². The summed E-state index contributed by atoms with van der Waals surface area (Å²) >= 11 is 0. The number of esters is 1. The maximum Gasteiger partial charge on any atom is 0.354 e. The average molecular weight is 216 g/mol. The van der Waals surface area contributed by atoms with Crippen LogP contribution in [-0.4, -0.2) is 30.9 Å². The van der Waals surface area contributed by atoms with Crippen molar-refractivity contribution < 1.29 is 14.3 Å². The van der Waals surface area contributed by atoms with Crippen LogP contribution < -0.4 is 16.3 Å². The summed E-state index contributed by atoms with van der Waals surface area (Å²) in [7, 11) is 0. The number of urea groups is 1. The van der Waals surface area contributed by atoms with Gasteiger partial charge in [-0.3, -0.25) is 5.43 Å². The first-order valence-corrected chi connectivity index (χ1v) is 4.62. The van der Waals surface area contributed by atoms with Crippen LogP contribution in [-0.2, 0) is 9.53 Å². The zero-order chi connectivity index (χ0) is 11.7. The molecule has 3 N–H and O–H groups in total. The normalized spacial score (nSPS) is 10.7. The molecule has 0 spiro atoms. The Morgan fingerprint density at radius 2 is 2.00 bits per heavy atom. The molecule has 0 aromatic carbocycles. The van der Waals surface area contributed by atoms with Gasteiger partial charge in [0.05, 0.1) is 6.61 Å². The van der Waals surface area contributed by atoms with Gasteiger partial charge in [-0.25, -0.2) is 20.4 Å². The number of hydrogen-bond acceptors (Lipinski definition) is 5. The van der Waals surface area contributed by atoms with E-state index in [0.29, 0.717) is 6.54 Å². The van der Waals surface area contributed by atoms with Crippen molar-refractivity contribution in [2.24, 2.45) is 5.10 Å². The van der Waals surface area contributed by atoms with Gasteiger partial charge in [0, 0.05) is 6.54 Å². The van der Waals surface area contributed by atoms with Gasteiger partial charge in [0.2, 0.25) is 0 Å². The highest BCUT2D eigenvalue weighted by atomic mass is 16.5. The van der Waals surface area contributed by atoms with E-state index in [2.05, 4.69) is 26.1 Å². The number of amides is 2. The molecule has 0 aliphatic heterocycles. The minimum Gasteiger partial charge on any atom is -0.461 e. The van der Waals surface area contributed by atoms with Gasteiger partial charge in [0.25, 0.3) is 0 Å². The minimum absolute atomic E-state index is 0.0866. The lowest BCUT2D eigenvalue weighted by atomic mass is 10.4. The van der Waals surface area contributed by atoms with Gasteiger partial charge >= 0.3 is 12.0 Å². The van der Waals surface area contributed by atoms with E-state index < -0.39 is 12.0 Å². The van der Waals surface area contributed by atoms with E-state index in [0.717, 1.165) is 0 Å². The Kier molecular flexibility index (Phi) is 6.90. The summed E-state index contributed by atoms with van der Waals surface area (Å²) < 4.78 is 4.66. The second-order valence-electron chi connectivity index (χ2n) is 2.51. The summed E-state index contributed by atoms with van der Waals surface area (Å²) in [5.41, 5.74) is 7.10. The standard InChI is InChI=1S/C8H16N4O3/c1-4-9-11-8(14)12-10-6(3)7(13)15-5-2/h9H,4-5H2,1-3H3,(H2,11,12,14)/b10-6+. The van der Waals surface area contributed by atoms with Crippen LogP contribution in [0, 0.1) is 0 Å². The first-order chi connectivity index (χ1) is 7.11. The Morgan fingerprint density at radius 1 is 1.33 bits per heavy atom. The largest absolute Gasteiger partial charge is 0.461 e. The summed E-state index contributed by atoms with van der Waals surface area (Å²) in [6.07, 6.45) is 0. The highest BCUT2D eigenvalue weighted by Gasteiger charge is 2.06. The van der Waals surface area contributed by atoms with Gasteiger partial charge in [0.1, 0.15) is 5.71 Å². The summed E-state index contributed by atoms with van der Waals surface area (Å²) in [6.45, 7) is 5.83. The second-order valence-corrected chi connectivity index (χ2v) is 2.51. The van der Waals surface area contributed by atoms with Gasteiger partial charge < -0.3 is 4.74 Å². The molecule has 0 aromatic rings. The lowest BCUT2D eigenvalue weighted by Gasteiger charge is -2.04. The molecule has 0 heterocycles. The molecule has 2 amide bonds. The summed E-state index contributed by atoms with van der Waals surface area (Å²) in [4.78, 5) is 22.0. The molecular formula is C8H16N4O3. The first kappa shape index (κ1) is 13.4. The summed E-state index contributed by atoms with van der Waals surface area (Å²) in [5.74, 6) is -0.554. The number of carbonyl (C=O) groups excluding carboxylic acids is 2. The van der Waals surface area contributed by atoms with Gasteiger partial charge in [-0.1, -0.05) is 6.92 Å². The molecule has 7 heteroatoms. The van der Waals surface area contributed by atoms with Crippen LogP contribution in [0.4, 0.5) is 4.79 Å². The Morgan fingerprint density at radius 3 is 2.53 bits per heavy atom. The molecule has 0 unspecified atom stereocenters. The zero-order valence-electron chi connectivity index (χ0n) is 9.09. The SMILES string of the molecule is CCNNC(=O)N/N=C(\C)C(=O)OCC. The van der Waals surface area contributed by atoms with Crippen LogP contribution in [0.25, 0.3) is 0 Å². The van der Waals surface area contributed by atoms with E-state index in [-0.39, 0.29) is 12.3 Å². The quantitative estimate of drug-likeness (QED) is 0.335. The first-order valence-electron chi connectivity index (χ1n) is 4.62. The monoisotopic (exact) mass is 216 g/mol. The molecule has 0 rings (SSSR count). The molecule has 0 atom stereocenters. The number of nitrogens with one attached hydrogen (secondary N) is 3. The van der Waals surface area contributed by atoms with Crippen molar-refractivity contribution in [3.63, 3.8) is 0 Å². The van der Waals surface area contributed by atoms with E-state index in [1.54, 1.807) is 6.92 Å². The molecule has 0 aromatic heterocycles. The van der Waals surface area contributed by atoms with E-state index in [4.69, 9.17) is 0 Å². The molecule has 0 fully saturated rings. The van der Waals surface area contributed by atoms with Crippen molar-refractivity contribution in [2.75, 3.05) is 13.2 Å². The number of rotatable bonds is 5.